The van der Waals surface area contributed by atoms with Crippen molar-refractivity contribution in [3.63, 3.8) is 0 Å². The minimum absolute atomic E-state index is 0.297. The minimum Gasteiger partial charge on any atom is -0.484 e. The van der Waals surface area contributed by atoms with Gasteiger partial charge in [-0.3, -0.25) is 4.79 Å². The van der Waals surface area contributed by atoms with Crippen LogP contribution in [-0.4, -0.2) is 41.3 Å². The van der Waals surface area contributed by atoms with Gasteiger partial charge in [-0.15, -0.1) is 0 Å². The van der Waals surface area contributed by atoms with Crippen LogP contribution in [0, 0.1) is 6.92 Å². The number of rotatable bonds is 6. The summed E-state index contributed by atoms with van der Waals surface area (Å²) in [5, 5.41) is 19.5. The van der Waals surface area contributed by atoms with Crippen molar-refractivity contribution in [3.05, 3.63) is 29.8 Å². The van der Waals surface area contributed by atoms with Gasteiger partial charge in [0, 0.05) is 0 Å². The molecule has 6 nitrogen and oxygen atoms in total. The Morgan fingerprint density at radius 2 is 2.06 bits per heavy atom. The number of carbonyl (C=O) groups is 2. The SMILES string of the molecule is Cc1ccccc1OCC(=O)NC(CO)C(=O)O. The van der Waals surface area contributed by atoms with Gasteiger partial charge < -0.3 is 20.3 Å². The lowest BCUT2D eigenvalue weighted by atomic mass is 10.2. The third kappa shape index (κ3) is 4.06. The lowest BCUT2D eigenvalue weighted by Gasteiger charge is -2.12. The van der Waals surface area contributed by atoms with E-state index in [1.165, 1.54) is 0 Å². The number of nitrogens with one attached hydrogen (secondary N) is 1. The van der Waals surface area contributed by atoms with Crippen LogP contribution in [-0.2, 0) is 9.59 Å². The monoisotopic (exact) mass is 253 g/mol. The Labute approximate surface area is 104 Å². The van der Waals surface area contributed by atoms with Gasteiger partial charge in [-0.05, 0) is 18.6 Å². The maximum atomic E-state index is 11.4. The van der Waals surface area contributed by atoms with E-state index in [1.807, 2.05) is 19.1 Å². The zero-order chi connectivity index (χ0) is 13.5. The molecule has 0 fully saturated rings. The number of hydrogen-bond acceptors (Lipinski definition) is 4. The smallest absolute Gasteiger partial charge is 0.328 e. The van der Waals surface area contributed by atoms with Crippen LogP contribution in [0.4, 0.5) is 0 Å². The van der Waals surface area contributed by atoms with E-state index in [0.717, 1.165) is 5.56 Å². The molecule has 0 radical (unpaired) electrons. The van der Waals surface area contributed by atoms with Crippen molar-refractivity contribution in [2.75, 3.05) is 13.2 Å². The van der Waals surface area contributed by atoms with Crippen molar-refractivity contribution < 1.29 is 24.5 Å². The van der Waals surface area contributed by atoms with Gasteiger partial charge in [0.15, 0.2) is 6.61 Å². The van der Waals surface area contributed by atoms with Crippen molar-refractivity contribution in [2.45, 2.75) is 13.0 Å². The van der Waals surface area contributed by atoms with Crippen LogP contribution in [0.1, 0.15) is 5.56 Å². The number of aliphatic hydroxyl groups excluding tert-OH is 1. The molecule has 1 aromatic carbocycles. The maximum absolute atomic E-state index is 11.4. The third-order valence-electron chi connectivity index (χ3n) is 2.27. The van der Waals surface area contributed by atoms with Crippen LogP contribution in [0.15, 0.2) is 24.3 Å². The number of carboxylic acids is 1. The molecular formula is C12H15NO5. The molecule has 1 aromatic rings. The first-order valence-corrected chi connectivity index (χ1v) is 5.36. The molecule has 1 unspecified atom stereocenters. The van der Waals surface area contributed by atoms with Crippen LogP contribution in [0.25, 0.3) is 0 Å². The third-order valence-corrected chi connectivity index (χ3v) is 2.27. The Bertz CT molecular complexity index is 432. The number of para-hydroxylation sites is 1. The molecular weight excluding hydrogens is 238 g/mol. The number of carboxylic acid groups (broad SMARTS) is 1. The lowest BCUT2D eigenvalue weighted by Crippen LogP contribution is -2.45. The van der Waals surface area contributed by atoms with Gasteiger partial charge in [-0.2, -0.15) is 0 Å². The summed E-state index contributed by atoms with van der Waals surface area (Å²) in [6.07, 6.45) is 0. The number of hydrogen-bond donors (Lipinski definition) is 3. The summed E-state index contributed by atoms with van der Waals surface area (Å²) in [6, 6.07) is 5.85. The fourth-order valence-corrected chi connectivity index (χ4v) is 1.28. The van der Waals surface area contributed by atoms with E-state index < -0.39 is 24.5 Å². The molecule has 0 saturated carbocycles. The molecule has 0 aromatic heterocycles. The van der Waals surface area contributed by atoms with Gasteiger partial charge in [0.05, 0.1) is 6.61 Å². The summed E-state index contributed by atoms with van der Waals surface area (Å²) in [5.74, 6) is -1.33. The van der Waals surface area contributed by atoms with Crippen LogP contribution in [0.5, 0.6) is 5.75 Å². The average molecular weight is 253 g/mol. The van der Waals surface area contributed by atoms with E-state index in [2.05, 4.69) is 5.32 Å². The van der Waals surface area contributed by atoms with Crippen molar-refractivity contribution in [1.29, 1.82) is 0 Å². The van der Waals surface area contributed by atoms with Crippen molar-refractivity contribution in [1.82, 2.24) is 5.32 Å². The number of benzene rings is 1. The summed E-state index contributed by atoms with van der Waals surface area (Å²) >= 11 is 0. The summed E-state index contributed by atoms with van der Waals surface area (Å²) in [4.78, 5) is 22.0. The molecule has 98 valence electrons. The van der Waals surface area contributed by atoms with E-state index >= 15 is 0 Å². The first-order chi connectivity index (χ1) is 8.54. The second kappa shape index (κ2) is 6.61. The normalized spacial score (nSPS) is 11.7. The quantitative estimate of drug-likeness (QED) is 0.660. The van der Waals surface area contributed by atoms with E-state index in [1.54, 1.807) is 12.1 Å². The van der Waals surface area contributed by atoms with E-state index in [4.69, 9.17) is 14.9 Å². The van der Waals surface area contributed by atoms with Crippen LogP contribution >= 0.6 is 0 Å². The van der Waals surface area contributed by atoms with Gasteiger partial charge >= 0.3 is 5.97 Å². The summed E-state index contributed by atoms with van der Waals surface area (Å²) in [6.45, 7) is 0.876. The van der Waals surface area contributed by atoms with Crippen LogP contribution in [0.3, 0.4) is 0 Å². The Morgan fingerprint density at radius 1 is 1.39 bits per heavy atom. The number of aliphatic carboxylic acids is 1. The highest BCUT2D eigenvalue weighted by Gasteiger charge is 2.18. The molecule has 0 heterocycles. The van der Waals surface area contributed by atoms with Gasteiger partial charge in [0.2, 0.25) is 0 Å². The molecule has 1 atom stereocenters. The topological polar surface area (TPSA) is 95.9 Å². The molecule has 0 aliphatic rings. The zero-order valence-corrected chi connectivity index (χ0v) is 9.92. The Hall–Kier alpha value is -2.08. The highest BCUT2D eigenvalue weighted by Crippen LogP contribution is 2.15. The summed E-state index contributed by atoms with van der Waals surface area (Å²) < 4.78 is 5.24. The molecule has 0 bridgehead atoms. The predicted molar refractivity (Wildman–Crippen MR) is 63.3 cm³/mol. The minimum atomic E-state index is -1.31. The van der Waals surface area contributed by atoms with E-state index in [0.29, 0.717) is 5.75 Å². The molecule has 1 amide bonds. The van der Waals surface area contributed by atoms with Crippen molar-refractivity contribution >= 4 is 11.9 Å². The average Bonchev–Trinajstić information content (AvgIpc) is 2.34. The Morgan fingerprint density at radius 3 is 2.61 bits per heavy atom. The van der Waals surface area contributed by atoms with E-state index in [9.17, 15) is 9.59 Å². The van der Waals surface area contributed by atoms with Gasteiger partial charge in [-0.1, -0.05) is 18.2 Å². The standard InChI is InChI=1S/C12H15NO5/c1-8-4-2-3-5-10(8)18-7-11(15)13-9(6-14)12(16)17/h2-5,9,14H,6-7H2,1H3,(H,13,15)(H,16,17). The van der Waals surface area contributed by atoms with E-state index in [-0.39, 0.29) is 6.61 Å². The summed E-state index contributed by atoms with van der Waals surface area (Å²) in [5.41, 5.74) is 0.877. The predicted octanol–water partition coefficient (Wildman–Crippen LogP) is -0.0645. The molecule has 1 rings (SSSR count). The van der Waals surface area contributed by atoms with Gasteiger partial charge in [0.25, 0.3) is 5.91 Å². The highest BCUT2D eigenvalue weighted by molar-refractivity contribution is 5.84. The van der Waals surface area contributed by atoms with Crippen LogP contribution in [0.2, 0.25) is 0 Å². The molecule has 18 heavy (non-hydrogen) atoms. The fourth-order valence-electron chi connectivity index (χ4n) is 1.28. The Balaban J connectivity index is 2.47. The number of carbonyl (C=O) groups excluding carboxylic acids is 1. The van der Waals surface area contributed by atoms with Crippen LogP contribution < -0.4 is 10.1 Å². The molecule has 0 aliphatic carbocycles. The highest BCUT2D eigenvalue weighted by atomic mass is 16.5. The maximum Gasteiger partial charge on any atom is 0.328 e. The second-order valence-electron chi connectivity index (χ2n) is 3.70. The largest absolute Gasteiger partial charge is 0.484 e. The number of ether oxygens (including phenoxy) is 1. The molecule has 3 N–H and O–H groups in total. The summed E-state index contributed by atoms with van der Waals surface area (Å²) in [7, 11) is 0. The number of aliphatic hydroxyl groups is 1. The Kier molecular flexibility index (Phi) is 5.13. The molecule has 6 heteroatoms. The second-order valence-corrected chi connectivity index (χ2v) is 3.70. The zero-order valence-electron chi connectivity index (χ0n) is 9.92. The van der Waals surface area contributed by atoms with Gasteiger partial charge in [-0.25, -0.2) is 4.79 Å². The number of amides is 1. The molecule has 0 spiro atoms. The van der Waals surface area contributed by atoms with Crippen molar-refractivity contribution in [2.24, 2.45) is 0 Å². The number of aryl methyl sites for hydroxylation is 1. The first-order valence-electron chi connectivity index (χ1n) is 5.36. The van der Waals surface area contributed by atoms with Gasteiger partial charge in [0.1, 0.15) is 11.8 Å². The molecule has 0 saturated heterocycles. The molecule has 0 aliphatic heterocycles. The fraction of sp³-hybridized carbons (Fsp3) is 0.333. The van der Waals surface area contributed by atoms with Crippen molar-refractivity contribution in [3.8, 4) is 5.75 Å². The lowest BCUT2D eigenvalue weighted by molar-refractivity contribution is -0.143. The first kappa shape index (κ1) is 14.0.